The first kappa shape index (κ1) is 25.7. The highest BCUT2D eigenvalue weighted by atomic mass is 16.4. The molecule has 4 atom stereocenters. The van der Waals surface area contributed by atoms with E-state index in [-0.39, 0.29) is 19.4 Å². The van der Waals surface area contributed by atoms with E-state index in [9.17, 15) is 29.1 Å². The Morgan fingerprint density at radius 3 is 2.60 bits per heavy atom. The first-order valence-corrected chi connectivity index (χ1v) is 11.3. The maximum atomic E-state index is 13.2. The van der Waals surface area contributed by atoms with Crippen molar-refractivity contribution in [2.24, 2.45) is 11.5 Å². The monoisotopic (exact) mass is 486 g/mol. The Balaban J connectivity index is 1.79. The number of para-hydroxylation sites is 1. The van der Waals surface area contributed by atoms with E-state index in [1.54, 1.807) is 6.20 Å². The number of hydrogen-bond donors (Lipinski definition) is 6. The number of fused-ring (bicyclic) bond motifs is 1. The van der Waals surface area contributed by atoms with Gasteiger partial charge in [-0.15, -0.1) is 0 Å². The van der Waals surface area contributed by atoms with Crippen LogP contribution in [0, 0.1) is 0 Å². The van der Waals surface area contributed by atoms with Crippen molar-refractivity contribution >= 4 is 40.5 Å². The molecule has 3 rings (SSSR count). The van der Waals surface area contributed by atoms with Crippen LogP contribution in [-0.4, -0.2) is 75.3 Å². The van der Waals surface area contributed by atoms with Gasteiger partial charge in [-0.2, -0.15) is 0 Å². The Kier molecular flexibility index (Phi) is 8.07. The van der Waals surface area contributed by atoms with Gasteiger partial charge >= 0.3 is 5.97 Å². The average molecular weight is 487 g/mol. The van der Waals surface area contributed by atoms with Gasteiger partial charge in [-0.1, -0.05) is 18.2 Å². The molecular weight excluding hydrogens is 456 g/mol. The third-order valence-corrected chi connectivity index (χ3v) is 6.04. The number of carboxylic acid groups (broad SMARTS) is 1. The molecule has 0 aliphatic carbocycles. The van der Waals surface area contributed by atoms with E-state index in [2.05, 4.69) is 15.6 Å². The molecule has 1 fully saturated rings. The highest BCUT2D eigenvalue weighted by molar-refractivity contribution is 5.96. The predicted octanol–water partition coefficient (Wildman–Crippen LogP) is -1.02. The average Bonchev–Trinajstić information content (AvgIpc) is 3.45. The molecule has 1 saturated heterocycles. The number of carbonyl (C=O) groups is 5. The first-order chi connectivity index (χ1) is 16.6. The topological polar surface area (TPSA) is 201 Å². The van der Waals surface area contributed by atoms with E-state index in [1.807, 2.05) is 24.3 Å². The number of amides is 4. The van der Waals surface area contributed by atoms with Crippen LogP contribution in [0.4, 0.5) is 0 Å². The summed E-state index contributed by atoms with van der Waals surface area (Å²) in [6, 6.07) is 3.14. The summed E-state index contributed by atoms with van der Waals surface area (Å²) in [5.74, 6) is -3.75. The number of benzene rings is 1. The molecule has 8 N–H and O–H groups in total. The fourth-order valence-electron chi connectivity index (χ4n) is 4.19. The van der Waals surface area contributed by atoms with E-state index in [0.29, 0.717) is 12.8 Å². The van der Waals surface area contributed by atoms with Crippen LogP contribution < -0.4 is 22.1 Å². The zero-order chi connectivity index (χ0) is 25.7. The zero-order valence-electron chi connectivity index (χ0n) is 19.3. The molecule has 0 spiro atoms. The molecule has 2 aromatic rings. The summed E-state index contributed by atoms with van der Waals surface area (Å²) in [5.41, 5.74) is 12.5. The Bertz CT molecular complexity index is 1130. The van der Waals surface area contributed by atoms with Crippen LogP contribution in [0.1, 0.15) is 31.7 Å². The predicted molar refractivity (Wildman–Crippen MR) is 126 cm³/mol. The number of carbonyl (C=O) groups excluding carboxylic acids is 4. The second-order valence-corrected chi connectivity index (χ2v) is 8.66. The molecule has 4 unspecified atom stereocenters. The van der Waals surface area contributed by atoms with Gasteiger partial charge in [0, 0.05) is 30.1 Å². The Labute approximate surface area is 201 Å². The van der Waals surface area contributed by atoms with Crippen LogP contribution >= 0.6 is 0 Å². The van der Waals surface area contributed by atoms with Crippen molar-refractivity contribution in [2.75, 3.05) is 6.54 Å². The Morgan fingerprint density at radius 1 is 1.20 bits per heavy atom. The molecule has 12 nitrogen and oxygen atoms in total. The fourth-order valence-corrected chi connectivity index (χ4v) is 4.19. The van der Waals surface area contributed by atoms with E-state index >= 15 is 0 Å². The third-order valence-electron chi connectivity index (χ3n) is 6.04. The molecule has 2 heterocycles. The number of carboxylic acids is 1. The number of nitrogens with two attached hydrogens (primary N) is 2. The summed E-state index contributed by atoms with van der Waals surface area (Å²) in [5, 5.41) is 15.1. The van der Waals surface area contributed by atoms with Gasteiger partial charge < -0.3 is 37.1 Å². The SMILES string of the molecule is CC(NC(=O)C(Cc1c[nH]c2ccccc12)NC(=O)C1CCCN1C(=O)C(N)CC(N)=O)C(=O)O. The number of likely N-dealkylation sites (tertiary alicyclic amines) is 1. The molecule has 188 valence electrons. The van der Waals surface area contributed by atoms with Crippen LogP contribution in [0.5, 0.6) is 0 Å². The number of aromatic nitrogens is 1. The maximum Gasteiger partial charge on any atom is 0.325 e. The number of nitrogens with one attached hydrogen (secondary N) is 3. The molecular formula is C23H30N6O6. The van der Waals surface area contributed by atoms with Gasteiger partial charge in [0.25, 0.3) is 0 Å². The summed E-state index contributed by atoms with van der Waals surface area (Å²) >= 11 is 0. The quantitative estimate of drug-likeness (QED) is 0.247. The minimum Gasteiger partial charge on any atom is -0.480 e. The van der Waals surface area contributed by atoms with E-state index in [1.165, 1.54) is 11.8 Å². The Hall–Kier alpha value is -3.93. The highest BCUT2D eigenvalue weighted by Crippen LogP contribution is 2.21. The number of H-pyrrole nitrogens is 1. The number of nitrogens with zero attached hydrogens (tertiary/aromatic N) is 1. The smallest absolute Gasteiger partial charge is 0.325 e. The maximum absolute atomic E-state index is 13.2. The molecule has 0 saturated carbocycles. The molecule has 4 amide bonds. The number of hydrogen-bond acceptors (Lipinski definition) is 6. The van der Waals surface area contributed by atoms with Crippen molar-refractivity contribution in [3.8, 4) is 0 Å². The van der Waals surface area contributed by atoms with Crippen molar-refractivity contribution in [1.29, 1.82) is 0 Å². The van der Waals surface area contributed by atoms with Crippen molar-refractivity contribution in [3.05, 3.63) is 36.0 Å². The summed E-state index contributed by atoms with van der Waals surface area (Å²) in [7, 11) is 0. The number of primary amides is 1. The highest BCUT2D eigenvalue weighted by Gasteiger charge is 2.38. The molecule has 1 aromatic heterocycles. The van der Waals surface area contributed by atoms with Crippen molar-refractivity contribution in [1.82, 2.24) is 20.5 Å². The van der Waals surface area contributed by atoms with Gasteiger partial charge in [0.2, 0.25) is 23.6 Å². The van der Waals surface area contributed by atoms with Gasteiger partial charge in [0.15, 0.2) is 0 Å². The van der Waals surface area contributed by atoms with Crippen LogP contribution in [0.15, 0.2) is 30.5 Å². The fraction of sp³-hybridized carbons (Fsp3) is 0.435. The molecule has 0 radical (unpaired) electrons. The van der Waals surface area contributed by atoms with Crippen LogP contribution in [0.2, 0.25) is 0 Å². The second-order valence-electron chi connectivity index (χ2n) is 8.66. The number of aromatic amines is 1. The van der Waals surface area contributed by atoms with Crippen LogP contribution in [0.3, 0.4) is 0 Å². The first-order valence-electron chi connectivity index (χ1n) is 11.3. The molecule has 12 heteroatoms. The normalized spacial score (nSPS) is 18.0. The van der Waals surface area contributed by atoms with Crippen molar-refractivity contribution in [2.45, 2.75) is 56.8 Å². The second kappa shape index (κ2) is 11.0. The van der Waals surface area contributed by atoms with Gasteiger partial charge in [0.05, 0.1) is 12.5 Å². The molecule has 1 aliphatic rings. The van der Waals surface area contributed by atoms with E-state index in [0.717, 1.165) is 16.5 Å². The number of aliphatic carboxylic acids is 1. The largest absolute Gasteiger partial charge is 0.480 e. The van der Waals surface area contributed by atoms with Crippen molar-refractivity contribution in [3.63, 3.8) is 0 Å². The lowest BCUT2D eigenvalue weighted by atomic mass is 10.0. The van der Waals surface area contributed by atoms with Crippen LogP contribution in [0.25, 0.3) is 10.9 Å². The van der Waals surface area contributed by atoms with E-state index in [4.69, 9.17) is 11.5 Å². The zero-order valence-corrected chi connectivity index (χ0v) is 19.3. The summed E-state index contributed by atoms with van der Waals surface area (Å²) in [4.78, 5) is 65.7. The Morgan fingerprint density at radius 2 is 1.91 bits per heavy atom. The van der Waals surface area contributed by atoms with Gasteiger partial charge in [-0.25, -0.2) is 0 Å². The molecule has 1 aromatic carbocycles. The van der Waals surface area contributed by atoms with Gasteiger partial charge in [-0.05, 0) is 31.4 Å². The number of rotatable bonds is 10. The van der Waals surface area contributed by atoms with Gasteiger partial charge in [0.1, 0.15) is 18.1 Å². The lowest BCUT2D eigenvalue weighted by Crippen LogP contribution is -2.57. The summed E-state index contributed by atoms with van der Waals surface area (Å²) in [6.45, 7) is 1.60. The minimum atomic E-state index is -1.22. The lowest BCUT2D eigenvalue weighted by Gasteiger charge is -2.28. The molecule has 1 aliphatic heterocycles. The molecule has 35 heavy (non-hydrogen) atoms. The summed E-state index contributed by atoms with van der Waals surface area (Å²) in [6.07, 6.45) is 2.38. The third kappa shape index (κ3) is 6.15. The van der Waals surface area contributed by atoms with Crippen LogP contribution in [-0.2, 0) is 30.4 Å². The lowest BCUT2D eigenvalue weighted by molar-refractivity contribution is -0.142. The van der Waals surface area contributed by atoms with Gasteiger partial charge in [-0.3, -0.25) is 24.0 Å². The minimum absolute atomic E-state index is 0.0930. The van der Waals surface area contributed by atoms with Crippen molar-refractivity contribution < 1.29 is 29.1 Å². The standard InChI is InChI=1S/C23H30N6O6/c1-12(23(34)35)27-20(31)17(9-13-11-26-16-6-3-2-5-14(13)16)28-21(32)18-7-4-8-29(18)22(33)15(24)10-19(25)30/h2-3,5-6,11-12,15,17-18,26H,4,7-10,24H2,1H3,(H2,25,30)(H,27,31)(H,28,32)(H,34,35). The summed E-state index contributed by atoms with van der Waals surface area (Å²) < 4.78 is 0. The van der Waals surface area contributed by atoms with E-state index < -0.39 is 53.8 Å². The molecule has 0 bridgehead atoms.